The molecular formula is C24H30F2. The Bertz CT molecular complexity index is 768. The van der Waals surface area contributed by atoms with Crippen LogP contribution in [0.3, 0.4) is 0 Å². The van der Waals surface area contributed by atoms with Crippen LogP contribution in [-0.2, 0) is 12.3 Å². The summed E-state index contributed by atoms with van der Waals surface area (Å²) in [4.78, 5) is 0. The molecule has 2 aromatic rings. The smallest absolute Gasteiger partial charge is 0.201 e. The molecule has 0 heterocycles. The van der Waals surface area contributed by atoms with Crippen LogP contribution in [0.4, 0.5) is 8.78 Å². The highest BCUT2D eigenvalue weighted by molar-refractivity contribution is 5.38. The molecule has 140 valence electrons. The van der Waals surface area contributed by atoms with E-state index in [1.54, 1.807) is 6.07 Å². The number of rotatable bonds is 4. The quantitative estimate of drug-likeness (QED) is 0.541. The molecule has 1 fully saturated rings. The third-order valence-corrected chi connectivity index (χ3v) is 6.13. The van der Waals surface area contributed by atoms with Crippen molar-refractivity contribution in [1.82, 2.24) is 0 Å². The molecule has 3 rings (SSSR count). The van der Waals surface area contributed by atoms with E-state index in [0.29, 0.717) is 11.5 Å². The highest BCUT2D eigenvalue weighted by Gasteiger charge is 2.34. The fourth-order valence-electron chi connectivity index (χ4n) is 4.21. The summed E-state index contributed by atoms with van der Waals surface area (Å²) in [6, 6.07) is 11.3. The van der Waals surface area contributed by atoms with Crippen LogP contribution >= 0.6 is 0 Å². The van der Waals surface area contributed by atoms with Crippen LogP contribution in [0, 0.1) is 26.7 Å². The largest absolute Gasteiger partial charge is 0.277 e. The first-order valence-corrected chi connectivity index (χ1v) is 9.81. The van der Waals surface area contributed by atoms with Gasteiger partial charge in [0.2, 0.25) is 0 Å². The van der Waals surface area contributed by atoms with Crippen molar-refractivity contribution in [2.75, 3.05) is 0 Å². The number of benzene rings is 2. The predicted octanol–water partition coefficient (Wildman–Crippen LogP) is 7.24. The van der Waals surface area contributed by atoms with Crippen molar-refractivity contribution in [3.8, 4) is 0 Å². The Kier molecular flexibility index (Phi) is 5.50. The van der Waals surface area contributed by atoms with Gasteiger partial charge in [-0.05, 0) is 73.3 Å². The molecule has 0 nitrogen and oxygen atoms in total. The second-order valence-electron chi connectivity index (χ2n) is 8.33. The Balaban J connectivity index is 1.79. The number of hydrogen-bond donors (Lipinski definition) is 0. The summed E-state index contributed by atoms with van der Waals surface area (Å²) in [6.45, 7) is 8.12. The Labute approximate surface area is 156 Å². The molecule has 2 heteroatoms. The topological polar surface area (TPSA) is 0 Å². The van der Waals surface area contributed by atoms with E-state index in [9.17, 15) is 8.78 Å². The molecule has 0 amide bonds. The van der Waals surface area contributed by atoms with Crippen LogP contribution in [0.25, 0.3) is 0 Å². The zero-order chi connectivity index (χ0) is 18.9. The van der Waals surface area contributed by atoms with Gasteiger partial charge in [0, 0.05) is 12.0 Å². The van der Waals surface area contributed by atoms with E-state index in [1.165, 1.54) is 31.2 Å². The second kappa shape index (κ2) is 7.50. The standard InChI is InChI=1S/C24H30F2/c1-16-5-9-21(10-6-16)22-11-12-23(19(4)14-22)24(25,26)15-20-8-7-17(2)18(3)13-20/h7-8,11-14,16,21H,5-6,9-10,15H2,1-4H3. The molecule has 26 heavy (non-hydrogen) atoms. The lowest BCUT2D eigenvalue weighted by Crippen LogP contribution is -2.19. The van der Waals surface area contributed by atoms with Crippen LogP contribution in [0.5, 0.6) is 0 Å². The van der Waals surface area contributed by atoms with Crippen molar-refractivity contribution in [2.45, 2.75) is 71.6 Å². The van der Waals surface area contributed by atoms with E-state index in [-0.39, 0.29) is 12.0 Å². The van der Waals surface area contributed by atoms with Gasteiger partial charge in [0.15, 0.2) is 0 Å². The molecule has 0 bridgehead atoms. The minimum atomic E-state index is -2.84. The molecule has 1 aliphatic carbocycles. The lowest BCUT2D eigenvalue weighted by Gasteiger charge is -2.27. The molecule has 0 saturated heterocycles. The summed E-state index contributed by atoms with van der Waals surface area (Å²) < 4.78 is 29.9. The van der Waals surface area contributed by atoms with Gasteiger partial charge in [-0.25, -0.2) is 8.78 Å². The highest BCUT2D eigenvalue weighted by Crippen LogP contribution is 2.39. The van der Waals surface area contributed by atoms with Crippen molar-refractivity contribution in [2.24, 2.45) is 5.92 Å². The molecule has 0 aliphatic heterocycles. The van der Waals surface area contributed by atoms with Gasteiger partial charge in [0.1, 0.15) is 0 Å². The molecule has 0 unspecified atom stereocenters. The average Bonchev–Trinajstić information content (AvgIpc) is 2.58. The van der Waals surface area contributed by atoms with Crippen LogP contribution in [0.1, 0.15) is 71.9 Å². The van der Waals surface area contributed by atoms with Crippen LogP contribution in [0.2, 0.25) is 0 Å². The van der Waals surface area contributed by atoms with Gasteiger partial charge in [-0.15, -0.1) is 0 Å². The summed E-state index contributed by atoms with van der Waals surface area (Å²) in [5.74, 6) is -1.51. The van der Waals surface area contributed by atoms with Crippen LogP contribution in [0.15, 0.2) is 36.4 Å². The van der Waals surface area contributed by atoms with Gasteiger partial charge in [-0.2, -0.15) is 0 Å². The van der Waals surface area contributed by atoms with E-state index < -0.39 is 5.92 Å². The summed E-state index contributed by atoms with van der Waals surface area (Å²) in [5.41, 5.74) is 5.03. The molecule has 0 spiro atoms. The number of halogens is 2. The van der Waals surface area contributed by atoms with Crippen LogP contribution < -0.4 is 0 Å². The van der Waals surface area contributed by atoms with E-state index in [0.717, 1.165) is 22.6 Å². The Hall–Kier alpha value is -1.70. The normalized spacial score (nSPS) is 21.0. The molecular weight excluding hydrogens is 326 g/mol. The molecule has 0 N–H and O–H groups in total. The Morgan fingerprint density at radius 3 is 2.15 bits per heavy atom. The third kappa shape index (κ3) is 4.16. The average molecular weight is 357 g/mol. The maximum absolute atomic E-state index is 15.0. The van der Waals surface area contributed by atoms with Crippen molar-refractivity contribution >= 4 is 0 Å². The molecule has 0 aromatic heterocycles. The fraction of sp³-hybridized carbons (Fsp3) is 0.500. The Morgan fingerprint density at radius 2 is 1.54 bits per heavy atom. The maximum Gasteiger partial charge on any atom is 0.277 e. The minimum absolute atomic E-state index is 0.170. The SMILES string of the molecule is Cc1ccc(CC(F)(F)c2ccc(C3CCC(C)CC3)cc2C)cc1C. The van der Waals surface area contributed by atoms with Crippen molar-refractivity contribution in [3.63, 3.8) is 0 Å². The number of hydrogen-bond acceptors (Lipinski definition) is 0. The maximum atomic E-state index is 15.0. The number of aryl methyl sites for hydroxylation is 3. The fourth-order valence-corrected chi connectivity index (χ4v) is 4.21. The first kappa shape index (κ1) is 19.1. The summed E-state index contributed by atoms with van der Waals surface area (Å²) in [7, 11) is 0. The summed E-state index contributed by atoms with van der Waals surface area (Å²) in [5, 5.41) is 0. The third-order valence-electron chi connectivity index (χ3n) is 6.13. The first-order valence-electron chi connectivity index (χ1n) is 9.81. The Morgan fingerprint density at radius 1 is 0.846 bits per heavy atom. The molecule has 1 saturated carbocycles. The first-order chi connectivity index (χ1) is 12.3. The highest BCUT2D eigenvalue weighted by atomic mass is 19.3. The second-order valence-corrected chi connectivity index (χ2v) is 8.33. The van der Waals surface area contributed by atoms with Crippen molar-refractivity contribution in [1.29, 1.82) is 0 Å². The zero-order valence-corrected chi connectivity index (χ0v) is 16.4. The lowest BCUT2D eigenvalue weighted by atomic mass is 9.78. The van der Waals surface area contributed by atoms with Gasteiger partial charge in [-0.1, -0.05) is 56.2 Å². The van der Waals surface area contributed by atoms with E-state index in [4.69, 9.17) is 0 Å². The van der Waals surface area contributed by atoms with Crippen molar-refractivity contribution in [3.05, 3.63) is 69.8 Å². The summed E-state index contributed by atoms with van der Waals surface area (Å²) >= 11 is 0. The van der Waals surface area contributed by atoms with Gasteiger partial charge < -0.3 is 0 Å². The zero-order valence-electron chi connectivity index (χ0n) is 16.4. The number of alkyl halides is 2. The monoisotopic (exact) mass is 356 g/mol. The summed E-state index contributed by atoms with van der Waals surface area (Å²) in [6.07, 6.45) is 4.61. The molecule has 0 radical (unpaired) electrons. The van der Waals surface area contributed by atoms with Gasteiger partial charge in [0.25, 0.3) is 5.92 Å². The van der Waals surface area contributed by atoms with Gasteiger partial charge in [-0.3, -0.25) is 0 Å². The van der Waals surface area contributed by atoms with E-state index >= 15 is 0 Å². The predicted molar refractivity (Wildman–Crippen MR) is 105 cm³/mol. The van der Waals surface area contributed by atoms with E-state index in [1.807, 2.05) is 51.1 Å². The van der Waals surface area contributed by atoms with Crippen LogP contribution in [-0.4, -0.2) is 0 Å². The molecule has 0 atom stereocenters. The lowest BCUT2D eigenvalue weighted by molar-refractivity contribution is -0.00446. The molecule has 2 aromatic carbocycles. The molecule has 1 aliphatic rings. The minimum Gasteiger partial charge on any atom is -0.201 e. The van der Waals surface area contributed by atoms with E-state index in [2.05, 4.69) is 6.92 Å². The van der Waals surface area contributed by atoms with Gasteiger partial charge in [0.05, 0.1) is 0 Å². The van der Waals surface area contributed by atoms with Crippen molar-refractivity contribution < 1.29 is 8.78 Å². The van der Waals surface area contributed by atoms with Gasteiger partial charge >= 0.3 is 0 Å².